The minimum absolute atomic E-state index is 0.0786. The Balaban J connectivity index is 2.25. The Bertz CT molecular complexity index is 563. The molecule has 8 heteroatoms. The first-order valence-electron chi connectivity index (χ1n) is 6.95. The van der Waals surface area contributed by atoms with Crippen molar-refractivity contribution < 1.29 is 18.1 Å². The summed E-state index contributed by atoms with van der Waals surface area (Å²) in [7, 11) is 1.98. The van der Waals surface area contributed by atoms with Crippen molar-refractivity contribution in [2.24, 2.45) is 0 Å². The number of likely N-dealkylation sites (N-methyl/N-ethyl adjacent to an activating group) is 1. The van der Waals surface area contributed by atoms with Gasteiger partial charge in [-0.2, -0.15) is 13.2 Å². The topological polar surface area (TPSA) is 49.6 Å². The van der Waals surface area contributed by atoms with E-state index >= 15 is 0 Å². The summed E-state index contributed by atoms with van der Waals surface area (Å²) in [5.74, 6) is 0. The summed E-state index contributed by atoms with van der Waals surface area (Å²) < 4.78 is 39.4. The van der Waals surface area contributed by atoms with Crippen LogP contribution in [0.5, 0.6) is 0 Å². The van der Waals surface area contributed by atoms with Gasteiger partial charge < -0.3 is 4.90 Å². The number of alkyl halides is 3. The van der Waals surface area contributed by atoms with Crippen LogP contribution in [0.2, 0.25) is 0 Å². The Kier molecular flexibility index (Phi) is 4.72. The number of non-ortho nitro benzene ring substituents is 1. The molecular formula is C14H18F3N3O2. The number of hydrogen-bond acceptors (Lipinski definition) is 4. The molecule has 1 aromatic carbocycles. The second-order valence-electron chi connectivity index (χ2n) is 5.66. The van der Waals surface area contributed by atoms with Crippen LogP contribution in [0.4, 0.5) is 18.9 Å². The van der Waals surface area contributed by atoms with Crippen molar-refractivity contribution >= 4 is 5.69 Å². The first kappa shape index (κ1) is 16.7. The molecule has 1 atom stereocenters. The number of nitro groups is 1. The summed E-state index contributed by atoms with van der Waals surface area (Å²) in [6.07, 6.45) is -4.60. The highest BCUT2D eigenvalue weighted by atomic mass is 19.4. The Hall–Kier alpha value is -1.67. The SMILES string of the molecule is C[C@H]1CN(Cc2ccc([N+](=O)[O-])cc2C(F)(F)F)CCN1C. The number of rotatable bonds is 3. The molecule has 0 saturated carbocycles. The monoisotopic (exact) mass is 317 g/mol. The van der Waals surface area contributed by atoms with E-state index in [2.05, 4.69) is 4.90 Å². The third kappa shape index (κ3) is 3.75. The zero-order valence-corrected chi connectivity index (χ0v) is 12.4. The molecular weight excluding hydrogens is 299 g/mol. The first-order chi connectivity index (χ1) is 10.2. The fraction of sp³-hybridized carbons (Fsp3) is 0.571. The summed E-state index contributed by atoms with van der Waals surface area (Å²) in [5, 5.41) is 10.7. The van der Waals surface area contributed by atoms with Crippen LogP contribution >= 0.6 is 0 Å². The molecule has 0 spiro atoms. The molecule has 1 aliphatic heterocycles. The zero-order valence-electron chi connectivity index (χ0n) is 12.4. The number of nitrogens with zero attached hydrogens (tertiary/aromatic N) is 3. The van der Waals surface area contributed by atoms with Crippen LogP contribution < -0.4 is 0 Å². The average molecular weight is 317 g/mol. The van der Waals surface area contributed by atoms with Gasteiger partial charge in [0.05, 0.1) is 10.5 Å². The smallest absolute Gasteiger partial charge is 0.301 e. The maximum Gasteiger partial charge on any atom is 0.416 e. The van der Waals surface area contributed by atoms with Crippen LogP contribution in [0.3, 0.4) is 0 Å². The molecule has 22 heavy (non-hydrogen) atoms. The molecule has 0 aliphatic carbocycles. The molecule has 0 bridgehead atoms. The summed E-state index contributed by atoms with van der Waals surface area (Å²) in [6, 6.07) is 3.23. The van der Waals surface area contributed by atoms with Gasteiger partial charge in [-0.15, -0.1) is 0 Å². The molecule has 122 valence electrons. The van der Waals surface area contributed by atoms with Crippen LogP contribution in [0.25, 0.3) is 0 Å². The van der Waals surface area contributed by atoms with Gasteiger partial charge in [-0.3, -0.25) is 15.0 Å². The van der Waals surface area contributed by atoms with Gasteiger partial charge >= 0.3 is 6.18 Å². The van der Waals surface area contributed by atoms with E-state index in [0.29, 0.717) is 19.2 Å². The molecule has 1 saturated heterocycles. The van der Waals surface area contributed by atoms with E-state index in [-0.39, 0.29) is 18.2 Å². The fourth-order valence-electron chi connectivity index (χ4n) is 2.59. The molecule has 0 radical (unpaired) electrons. The van der Waals surface area contributed by atoms with Gasteiger partial charge in [0.25, 0.3) is 5.69 Å². The molecule has 1 heterocycles. The van der Waals surface area contributed by atoms with Gasteiger partial charge in [0.1, 0.15) is 0 Å². The molecule has 1 aromatic rings. The lowest BCUT2D eigenvalue weighted by atomic mass is 10.0. The second kappa shape index (κ2) is 6.21. The van der Waals surface area contributed by atoms with E-state index in [9.17, 15) is 23.3 Å². The van der Waals surface area contributed by atoms with Crippen molar-refractivity contribution in [2.75, 3.05) is 26.7 Å². The molecule has 0 unspecified atom stereocenters. The van der Waals surface area contributed by atoms with E-state index in [1.165, 1.54) is 6.07 Å². The Morgan fingerprint density at radius 1 is 1.36 bits per heavy atom. The maximum atomic E-state index is 13.1. The largest absolute Gasteiger partial charge is 0.416 e. The van der Waals surface area contributed by atoms with Crippen molar-refractivity contribution in [2.45, 2.75) is 25.7 Å². The highest BCUT2D eigenvalue weighted by molar-refractivity contribution is 5.41. The maximum absolute atomic E-state index is 13.1. The van der Waals surface area contributed by atoms with Crippen molar-refractivity contribution in [3.05, 3.63) is 39.4 Å². The highest BCUT2D eigenvalue weighted by Crippen LogP contribution is 2.35. The van der Waals surface area contributed by atoms with Gasteiger partial charge in [-0.05, 0) is 19.5 Å². The molecule has 2 rings (SSSR count). The number of benzene rings is 1. The number of nitro benzene ring substituents is 1. The van der Waals surface area contributed by atoms with E-state index < -0.39 is 22.4 Å². The third-order valence-electron chi connectivity index (χ3n) is 4.05. The molecule has 0 aromatic heterocycles. The quantitative estimate of drug-likeness (QED) is 0.635. The predicted molar refractivity (Wildman–Crippen MR) is 75.5 cm³/mol. The Morgan fingerprint density at radius 3 is 2.59 bits per heavy atom. The Morgan fingerprint density at radius 2 is 2.05 bits per heavy atom. The van der Waals surface area contributed by atoms with Crippen molar-refractivity contribution in [3.8, 4) is 0 Å². The highest BCUT2D eigenvalue weighted by Gasteiger charge is 2.35. The number of hydrogen-bond donors (Lipinski definition) is 0. The molecule has 0 amide bonds. The van der Waals surface area contributed by atoms with E-state index in [1.54, 1.807) is 0 Å². The van der Waals surface area contributed by atoms with Crippen LogP contribution in [0.15, 0.2) is 18.2 Å². The Labute approximate surface area is 126 Å². The van der Waals surface area contributed by atoms with Gasteiger partial charge in [0.15, 0.2) is 0 Å². The zero-order chi connectivity index (χ0) is 16.5. The summed E-state index contributed by atoms with van der Waals surface area (Å²) >= 11 is 0. The van der Waals surface area contributed by atoms with E-state index in [1.807, 2.05) is 18.9 Å². The van der Waals surface area contributed by atoms with Gasteiger partial charge in [-0.25, -0.2) is 0 Å². The number of halogens is 3. The summed E-state index contributed by atoms with van der Waals surface area (Å²) in [6.45, 7) is 4.30. The fourth-order valence-corrected chi connectivity index (χ4v) is 2.59. The lowest BCUT2D eigenvalue weighted by Crippen LogP contribution is -2.49. The third-order valence-corrected chi connectivity index (χ3v) is 4.05. The van der Waals surface area contributed by atoms with Crippen molar-refractivity contribution in [1.29, 1.82) is 0 Å². The molecule has 1 fully saturated rings. The van der Waals surface area contributed by atoms with Gasteiger partial charge in [-0.1, -0.05) is 6.07 Å². The molecule has 5 nitrogen and oxygen atoms in total. The lowest BCUT2D eigenvalue weighted by Gasteiger charge is -2.38. The van der Waals surface area contributed by atoms with Crippen LogP contribution in [-0.4, -0.2) is 47.4 Å². The minimum Gasteiger partial charge on any atom is -0.301 e. The first-order valence-corrected chi connectivity index (χ1v) is 6.95. The van der Waals surface area contributed by atoms with Crippen molar-refractivity contribution in [3.63, 3.8) is 0 Å². The average Bonchev–Trinajstić information content (AvgIpc) is 2.42. The van der Waals surface area contributed by atoms with Crippen LogP contribution in [0, 0.1) is 10.1 Å². The van der Waals surface area contributed by atoms with E-state index in [0.717, 1.165) is 12.6 Å². The lowest BCUT2D eigenvalue weighted by molar-refractivity contribution is -0.385. The molecule has 1 aliphatic rings. The molecule has 0 N–H and O–H groups in total. The summed E-state index contributed by atoms with van der Waals surface area (Å²) in [5.41, 5.74) is -1.38. The summed E-state index contributed by atoms with van der Waals surface area (Å²) in [4.78, 5) is 14.0. The van der Waals surface area contributed by atoms with Gasteiger partial charge in [0, 0.05) is 44.4 Å². The van der Waals surface area contributed by atoms with E-state index in [4.69, 9.17) is 0 Å². The normalized spacial score (nSPS) is 21.0. The minimum atomic E-state index is -4.60. The second-order valence-corrected chi connectivity index (χ2v) is 5.66. The van der Waals surface area contributed by atoms with Crippen molar-refractivity contribution in [1.82, 2.24) is 9.80 Å². The standard InChI is InChI=1S/C14H18F3N3O2/c1-10-8-19(6-5-18(10)2)9-11-3-4-12(20(21)22)7-13(11)14(15,16)17/h3-4,7,10H,5-6,8-9H2,1-2H3/t10-/m0/s1. The predicted octanol–water partition coefficient (Wildman–Crippen LogP) is 2.75. The van der Waals surface area contributed by atoms with Gasteiger partial charge in [0.2, 0.25) is 0 Å². The van der Waals surface area contributed by atoms with Crippen LogP contribution in [-0.2, 0) is 12.7 Å². The number of piperazine rings is 1. The van der Waals surface area contributed by atoms with Crippen LogP contribution in [0.1, 0.15) is 18.1 Å².